The molecular weight excluding hydrogens is 350 g/mol. The molecule has 0 bridgehead atoms. The first kappa shape index (κ1) is 18.5. The molecule has 1 amide bonds. The number of hydrogen-bond donors (Lipinski definition) is 0. The van der Waals surface area contributed by atoms with E-state index in [9.17, 15) is 13.2 Å². The third kappa shape index (κ3) is 3.50. The van der Waals surface area contributed by atoms with Crippen LogP contribution in [0.3, 0.4) is 0 Å². The molecule has 0 saturated carbocycles. The largest absolute Gasteiger partial charge is 0.336 e. The van der Waals surface area contributed by atoms with Gasteiger partial charge in [-0.1, -0.05) is 12.1 Å². The number of sulfonamides is 1. The van der Waals surface area contributed by atoms with Crippen LogP contribution in [0.5, 0.6) is 0 Å². The third-order valence-corrected chi connectivity index (χ3v) is 6.77. The van der Waals surface area contributed by atoms with E-state index in [2.05, 4.69) is 4.98 Å². The SMILES string of the molecule is Cc1ccc(C)c(S(=O)(=O)N2CCN(C(=O)c3cccnc3C)CC2)c1. The number of hydrogen-bond acceptors (Lipinski definition) is 4. The fraction of sp³-hybridized carbons (Fsp3) is 0.368. The van der Waals surface area contributed by atoms with Crippen LogP contribution < -0.4 is 0 Å². The van der Waals surface area contributed by atoms with Crippen molar-refractivity contribution in [3.63, 3.8) is 0 Å². The van der Waals surface area contributed by atoms with Gasteiger partial charge in [0.2, 0.25) is 10.0 Å². The smallest absolute Gasteiger partial charge is 0.255 e. The van der Waals surface area contributed by atoms with Gasteiger partial charge in [0.25, 0.3) is 5.91 Å². The Morgan fingerprint density at radius 2 is 1.73 bits per heavy atom. The van der Waals surface area contributed by atoms with Crippen molar-refractivity contribution in [2.45, 2.75) is 25.7 Å². The number of piperazine rings is 1. The zero-order chi connectivity index (χ0) is 18.9. The second kappa shape index (κ2) is 7.17. The number of carbonyl (C=O) groups is 1. The summed E-state index contributed by atoms with van der Waals surface area (Å²) in [6, 6.07) is 8.93. The van der Waals surface area contributed by atoms with E-state index in [4.69, 9.17) is 0 Å². The molecule has 1 aromatic carbocycles. The van der Waals surface area contributed by atoms with Gasteiger partial charge in [0, 0.05) is 38.1 Å². The predicted octanol–water partition coefficient (Wildman–Crippen LogP) is 2.15. The number of aromatic nitrogens is 1. The van der Waals surface area contributed by atoms with Gasteiger partial charge in [0.1, 0.15) is 0 Å². The number of pyridine rings is 1. The van der Waals surface area contributed by atoms with E-state index >= 15 is 0 Å². The molecule has 7 heteroatoms. The molecule has 2 aromatic rings. The molecular formula is C19H23N3O3S. The molecule has 6 nitrogen and oxygen atoms in total. The van der Waals surface area contributed by atoms with Gasteiger partial charge in [0.15, 0.2) is 0 Å². The fourth-order valence-electron chi connectivity index (χ4n) is 3.14. The average molecular weight is 373 g/mol. The molecule has 1 aromatic heterocycles. The summed E-state index contributed by atoms with van der Waals surface area (Å²) in [6.07, 6.45) is 1.65. The molecule has 0 N–H and O–H groups in total. The number of amides is 1. The Kier molecular flexibility index (Phi) is 5.11. The highest BCUT2D eigenvalue weighted by atomic mass is 32.2. The lowest BCUT2D eigenvalue weighted by molar-refractivity contribution is 0.0696. The molecule has 0 unspecified atom stereocenters. The van der Waals surface area contributed by atoms with Crippen LogP contribution in [0.2, 0.25) is 0 Å². The molecule has 138 valence electrons. The number of carbonyl (C=O) groups excluding carboxylic acids is 1. The number of aryl methyl sites for hydroxylation is 3. The van der Waals surface area contributed by atoms with E-state index in [0.29, 0.717) is 42.3 Å². The zero-order valence-electron chi connectivity index (χ0n) is 15.3. The predicted molar refractivity (Wildman–Crippen MR) is 99.6 cm³/mol. The molecule has 1 fully saturated rings. The van der Waals surface area contributed by atoms with Gasteiger partial charge in [-0.2, -0.15) is 4.31 Å². The van der Waals surface area contributed by atoms with Crippen LogP contribution in [0.25, 0.3) is 0 Å². The van der Waals surface area contributed by atoms with Crippen molar-refractivity contribution in [2.24, 2.45) is 0 Å². The Balaban J connectivity index is 1.75. The lowest BCUT2D eigenvalue weighted by Gasteiger charge is -2.34. The van der Waals surface area contributed by atoms with Gasteiger partial charge in [-0.25, -0.2) is 8.42 Å². The lowest BCUT2D eigenvalue weighted by atomic mass is 10.1. The monoisotopic (exact) mass is 373 g/mol. The second-order valence-electron chi connectivity index (χ2n) is 6.60. The summed E-state index contributed by atoms with van der Waals surface area (Å²) in [4.78, 5) is 18.9. The van der Waals surface area contributed by atoms with Crippen LogP contribution in [0.4, 0.5) is 0 Å². The highest BCUT2D eigenvalue weighted by Gasteiger charge is 2.31. The summed E-state index contributed by atoms with van der Waals surface area (Å²) in [6.45, 7) is 6.81. The average Bonchev–Trinajstić information content (AvgIpc) is 2.63. The summed E-state index contributed by atoms with van der Waals surface area (Å²) in [7, 11) is -3.55. The van der Waals surface area contributed by atoms with Crippen LogP contribution in [-0.4, -0.2) is 54.7 Å². The Bertz CT molecular complexity index is 933. The molecule has 1 aliphatic heterocycles. The van der Waals surface area contributed by atoms with Crippen LogP contribution in [-0.2, 0) is 10.0 Å². The van der Waals surface area contributed by atoms with E-state index in [1.54, 1.807) is 43.1 Å². The molecule has 0 atom stereocenters. The van der Waals surface area contributed by atoms with Crippen molar-refractivity contribution in [1.82, 2.24) is 14.2 Å². The lowest BCUT2D eigenvalue weighted by Crippen LogP contribution is -2.50. The highest BCUT2D eigenvalue weighted by molar-refractivity contribution is 7.89. The van der Waals surface area contributed by atoms with E-state index in [1.807, 2.05) is 19.1 Å². The topological polar surface area (TPSA) is 70.6 Å². The standard InChI is InChI=1S/C19H23N3O3S/c1-14-6-7-15(2)18(13-14)26(24,25)22-11-9-21(10-12-22)19(23)17-5-4-8-20-16(17)3/h4-8,13H,9-12H2,1-3H3. The molecule has 0 aliphatic carbocycles. The van der Waals surface area contributed by atoms with E-state index < -0.39 is 10.0 Å². The summed E-state index contributed by atoms with van der Waals surface area (Å²) < 4.78 is 27.4. The van der Waals surface area contributed by atoms with E-state index in [0.717, 1.165) is 11.1 Å². The van der Waals surface area contributed by atoms with Crippen LogP contribution >= 0.6 is 0 Å². The van der Waals surface area contributed by atoms with Gasteiger partial charge >= 0.3 is 0 Å². The fourth-order valence-corrected chi connectivity index (χ4v) is 4.87. The first-order valence-corrected chi connectivity index (χ1v) is 10.0. The van der Waals surface area contributed by atoms with Crippen molar-refractivity contribution >= 4 is 15.9 Å². The highest BCUT2D eigenvalue weighted by Crippen LogP contribution is 2.23. The van der Waals surface area contributed by atoms with Gasteiger partial charge < -0.3 is 4.90 Å². The van der Waals surface area contributed by atoms with Crippen molar-refractivity contribution in [3.8, 4) is 0 Å². The second-order valence-corrected chi connectivity index (χ2v) is 8.51. The van der Waals surface area contributed by atoms with Crippen molar-refractivity contribution < 1.29 is 13.2 Å². The zero-order valence-corrected chi connectivity index (χ0v) is 16.1. The van der Waals surface area contributed by atoms with Crippen molar-refractivity contribution in [1.29, 1.82) is 0 Å². The van der Waals surface area contributed by atoms with Gasteiger partial charge in [0.05, 0.1) is 10.5 Å². The van der Waals surface area contributed by atoms with Crippen LogP contribution in [0.15, 0.2) is 41.4 Å². The molecule has 0 spiro atoms. The molecule has 1 saturated heterocycles. The Morgan fingerprint density at radius 3 is 2.38 bits per heavy atom. The third-order valence-electron chi connectivity index (χ3n) is 4.72. The Morgan fingerprint density at radius 1 is 1.04 bits per heavy atom. The van der Waals surface area contributed by atoms with Gasteiger partial charge in [-0.15, -0.1) is 0 Å². The molecule has 2 heterocycles. The molecule has 0 radical (unpaired) electrons. The van der Waals surface area contributed by atoms with Gasteiger partial charge in [-0.05, 0) is 50.1 Å². The summed E-state index contributed by atoms with van der Waals surface area (Å²) in [5.41, 5.74) is 2.90. The number of benzene rings is 1. The van der Waals surface area contributed by atoms with Gasteiger partial charge in [-0.3, -0.25) is 9.78 Å². The maximum Gasteiger partial charge on any atom is 0.255 e. The summed E-state index contributed by atoms with van der Waals surface area (Å²) in [5, 5.41) is 0. The minimum Gasteiger partial charge on any atom is -0.336 e. The van der Waals surface area contributed by atoms with Crippen LogP contribution in [0, 0.1) is 20.8 Å². The van der Waals surface area contributed by atoms with Crippen molar-refractivity contribution in [2.75, 3.05) is 26.2 Å². The number of nitrogens with zero attached hydrogens (tertiary/aromatic N) is 3. The van der Waals surface area contributed by atoms with E-state index in [-0.39, 0.29) is 5.91 Å². The van der Waals surface area contributed by atoms with Crippen LogP contribution in [0.1, 0.15) is 27.2 Å². The summed E-state index contributed by atoms with van der Waals surface area (Å²) in [5.74, 6) is -0.0978. The Hall–Kier alpha value is -2.25. The molecule has 1 aliphatic rings. The first-order valence-electron chi connectivity index (χ1n) is 8.59. The molecule has 26 heavy (non-hydrogen) atoms. The van der Waals surface area contributed by atoms with Crippen molar-refractivity contribution in [3.05, 3.63) is 58.9 Å². The molecule has 3 rings (SSSR count). The van der Waals surface area contributed by atoms with E-state index in [1.165, 1.54) is 4.31 Å². The maximum atomic E-state index is 13.0. The maximum absolute atomic E-state index is 13.0. The first-order chi connectivity index (χ1) is 12.3. The quantitative estimate of drug-likeness (QED) is 0.827. The summed E-state index contributed by atoms with van der Waals surface area (Å²) >= 11 is 0. The Labute approximate surface area is 154 Å². The minimum atomic E-state index is -3.55. The minimum absolute atomic E-state index is 0.0978. The number of rotatable bonds is 3. The normalized spacial score (nSPS) is 15.9.